The lowest BCUT2D eigenvalue weighted by atomic mass is 9.84. The van der Waals surface area contributed by atoms with Crippen molar-refractivity contribution in [3.05, 3.63) is 70.8 Å². The number of benzene rings is 2. The summed E-state index contributed by atoms with van der Waals surface area (Å²) in [5.41, 5.74) is 5.97. The molecule has 0 bridgehead atoms. The van der Waals surface area contributed by atoms with Crippen LogP contribution in [0.3, 0.4) is 0 Å². The summed E-state index contributed by atoms with van der Waals surface area (Å²) in [4.78, 5) is 2.62. The Hall–Kier alpha value is -1.64. The number of piperazine rings is 1. The van der Waals surface area contributed by atoms with E-state index in [-0.39, 0.29) is 10.8 Å². The largest absolute Gasteiger partial charge is 0.314 e. The first-order valence-electron chi connectivity index (χ1n) is 10.3. The molecule has 0 spiro atoms. The van der Waals surface area contributed by atoms with E-state index in [0.717, 1.165) is 26.2 Å². The Morgan fingerprint density at radius 2 is 1.04 bits per heavy atom. The van der Waals surface area contributed by atoms with Crippen LogP contribution in [0.5, 0.6) is 0 Å². The SMILES string of the molecule is CC(C)(C)c1ccc(C(c2ccc(C(C)(C)C)cc2)N2CCNCC2)cc1. The quantitative estimate of drug-likeness (QED) is 0.797. The summed E-state index contributed by atoms with van der Waals surface area (Å²) in [5.74, 6) is 0. The first-order chi connectivity index (χ1) is 12.7. The summed E-state index contributed by atoms with van der Waals surface area (Å²) in [6.45, 7) is 18.0. The van der Waals surface area contributed by atoms with Crippen molar-refractivity contribution in [1.29, 1.82) is 0 Å². The number of nitrogens with zero attached hydrogens (tertiary/aromatic N) is 1. The Morgan fingerprint density at radius 1 is 0.667 bits per heavy atom. The standard InChI is InChI=1S/C25H36N2/c1-24(2,3)21-11-7-19(8-12-21)23(27-17-15-26-16-18-27)20-9-13-22(14-10-20)25(4,5)6/h7-14,23,26H,15-18H2,1-6H3. The van der Waals surface area contributed by atoms with Crippen LogP contribution < -0.4 is 5.32 Å². The summed E-state index contributed by atoms with van der Waals surface area (Å²) < 4.78 is 0. The molecule has 2 nitrogen and oxygen atoms in total. The lowest BCUT2D eigenvalue weighted by molar-refractivity contribution is 0.198. The molecule has 2 aromatic carbocycles. The molecule has 0 amide bonds. The number of rotatable bonds is 3. The van der Waals surface area contributed by atoms with Gasteiger partial charge in [0.15, 0.2) is 0 Å². The van der Waals surface area contributed by atoms with Crippen molar-refractivity contribution < 1.29 is 0 Å². The number of hydrogen-bond donors (Lipinski definition) is 1. The molecule has 2 aromatic rings. The predicted octanol–water partition coefficient (Wildman–Crippen LogP) is 5.28. The van der Waals surface area contributed by atoms with Gasteiger partial charge in [-0.2, -0.15) is 0 Å². The van der Waals surface area contributed by atoms with Gasteiger partial charge < -0.3 is 5.32 Å². The highest BCUT2D eigenvalue weighted by molar-refractivity contribution is 5.37. The molecule has 3 rings (SSSR count). The second kappa shape index (κ2) is 7.77. The zero-order chi connectivity index (χ0) is 19.7. The van der Waals surface area contributed by atoms with E-state index in [1.54, 1.807) is 0 Å². The van der Waals surface area contributed by atoms with Crippen LogP contribution in [-0.4, -0.2) is 31.1 Å². The molecule has 0 radical (unpaired) electrons. The van der Waals surface area contributed by atoms with Crippen molar-refractivity contribution in [2.45, 2.75) is 58.4 Å². The van der Waals surface area contributed by atoms with Gasteiger partial charge in [0, 0.05) is 26.2 Å². The molecule has 1 N–H and O–H groups in total. The Bertz CT molecular complexity index is 666. The van der Waals surface area contributed by atoms with Crippen molar-refractivity contribution in [3.8, 4) is 0 Å². The van der Waals surface area contributed by atoms with Gasteiger partial charge in [-0.1, -0.05) is 90.1 Å². The van der Waals surface area contributed by atoms with Crippen molar-refractivity contribution in [2.75, 3.05) is 26.2 Å². The van der Waals surface area contributed by atoms with Crippen LogP contribution >= 0.6 is 0 Å². The fourth-order valence-corrected chi connectivity index (χ4v) is 3.89. The van der Waals surface area contributed by atoms with Gasteiger partial charge in [0.2, 0.25) is 0 Å². The Morgan fingerprint density at radius 3 is 1.37 bits per heavy atom. The van der Waals surface area contributed by atoms with Gasteiger partial charge >= 0.3 is 0 Å². The molecule has 1 aliphatic heterocycles. The molecule has 1 aliphatic rings. The molecular weight excluding hydrogens is 328 g/mol. The average Bonchev–Trinajstić information content (AvgIpc) is 2.62. The van der Waals surface area contributed by atoms with Gasteiger partial charge in [0.1, 0.15) is 0 Å². The lowest BCUT2D eigenvalue weighted by Gasteiger charge is -2.36. The summed E-state index contributed by atoms with van der Waals surface area (Å²) in [7, 11) is 0. The molecule has 0 aliphatic carbocycles. The molecule has 0 aromatic heterocycles. The summed E-state index contributed by atoms with van der Waals surface area (Å²) in [6.07, 6.45) is 0. The molecule has 0 atom stereocenters. The topological polar surface area (TPSA) is 15.3 Å². The monoisotopic (exact) mass is 364 g/mol. The predicted molar refractivity (Wildman–Crippen MR) is 117 cm³/mol. The van der Waals surface area contributed by atoms with Crippen LogP contribution in [0.25, 0.3) is 0 Å². The smallest absolute Gasteiger partial charge is 0.0602 e. The molecule has 1 saturated heterocycles. The fraction of sp³-hybridized carbons (Fsp3) is 0.520. The molecule has 146 valence electrons. The van der Waals surface area contributed by atoms with Crippen LogP contribution in [0.1, 0.15) is 69.8 Å². The van der Waals surface area contributed by atoms with Gasteiger partial charge in [-0.15, -0.1) is 0 Å². The zero-order valence-electron chi connectivity index (χ0n) is 18.0. The van der Waals surface area contributed by atoms with Gasteiger partial charge in [-0.3, -0.25) is 4.90 Å². The first-order valence-corrected chi connectivity index (χ1v) is 10.3. The van der Waals surface area contributed by atoms with Gasteiger partial charge in [-0.05, 0) is 33.1 Å². The van der Waals surface area contributed by atoms with Crippen LogP contribution in [0.4, 0.5) is 0 Å². The van der Waals surface area contributed by atoms with Crippen LogP contribution in [0.2, 0.25) is 0 Å². The third kappa shape index (κ3) is 4.80. The minimum Gasteiger partial charge on any atom is -0.314 e. The third-order valence-electron chi connectivity index (χ3n) is 5.70. The highest BCUT2D eigenvalue weighted by atomic mass is 15.2. The average molecular weight is 365 g/mol. The molecule has 1 fully saturated rings. The minimum absolute atomic E-state index is 0.192. The maximum absolute atomic E-state index is 3.49. The molecule has 1 heterocycles. The second-order valence-corrected chi connectivity index (χ2v) is 9.93. The van der Waals surface area contributed by atoms with Crippen LogP contribution in [0.15, 0.2) is 48.5 Å². The van der Waals surface area contributed by atoms with E-state index >= 15 is 0 Å². The van der Waals surface area contributed by atoms with Gasteiger partial charge in [0.05, 0.1) is 6.04 Å². The van der Waals surface area contributed by atoms with E-state index in [0.29, 0.717) is 6.04 Å². The second-order valence-electron chi connectivity index (χ2n) is 9.93. The molecule has 0 saturated carbocycles. The van der Waals surface area contributed by atoms with Crippen molar-refractivity contribution in [2.24, 2.45) is 0 Å². The summed E-state index contributed by atoms with van der Waals surface area (Å²) in [5, 5.41) is 3.49. The summed E-state index contributed by atoms with van der Waals surface area (Å²) >= 11 is 0. The number of nitrogens with one attached hydrogen (secondary N) is 1. The maximum Gasteiger partial charge on any atom is 0.0602 e. The molecule has 0 unspecified atom stereocenters. The van der Waals surface area contributed by atoms with E-state index in [1.165, 1.54) is 22.3 Å². The van der Waals surface area contributed by atoms with Crippen molar-refractivity contribution >= 4 is 0 Å². The van der Waals surface area contributed by atoms with E-state index < -0.39 is 0 Å². The molecule has 27 heavy (non-hydrogen) atoms. The van der Waals surface area contributed by atoms with Crippen LogP contribution in [0, 0.1) is 0 Å². The van der Waals surface area contributed by atoms with Crippen molar-refractivity contribution in [1.82, 2.24) is 10.2 Å². The Kier molecular flexibility index (Phi) is 5.79. The fourth-order valence-electron chi connectivity index (χ4n) is 3.89. The molecule has 2 heteroatoms. The van der Waals surface area contributed by atoms with Crippen LogP contribution in [-0.2, 0) is 10.8 Å². The highest BCUT2D eigenvalue weighted by Crippen LogP contribution is 2.32. The van der Waals surface area contributed by atoms with E-state index in [1.807, 2.05) is 0 Å². The number of hydrogen-bond acceptors (Lipinski definition) is 2. The van der Waals surface area contributed by atoms with Gasteiger partial charge in [-0.25, -0.2) is 0 Å². The molecular formula is C25H36N2. The zero-order valence-corrected chi connectivity index (χ0v) is 18.0. The first kappa shape index (κ1) is 20.1. The maximum atomic E-state index is 3.49. The minimum atomic E-state index is 0.192. The lowest BCUT2D eigenvalue weighted by Crippen LogP contribution is -2.45. The Labute approximate surface area is 166 Å². The third-order valence-corrected chi connectivity index (χ3v) is 5.70. The van der Waals surface area contributed by atoms with Crippen molar-refractivity contribution in [3.63, 3.8) is 0 Å². The van der Waals surface area contributed by atoms with E-state index in [2.05, 4.69) is 100 Å². The summed E-state index contributed by atoms with van der Waals surface area (Å²) in [6, 6.07) is 18.9. The van der Waals surface area contributed by atoms with Gasteiger partial charge in [0.25, 0.3) is 0 Å². The Balaban J connectivity index is 1.96. The van der Waals surface area contributed by atoms with E-state index in [4.69, 9.17) is 0 Å². The normalized spacial score (nSPS) is 16.7. The van der Waals surface area contributed by atoms with E-state index in [9.17, 15) is 0 Å². The highest BCUT2D eigenvalue weighted by Gasteiger charge is 2.25.